The molecule has 2 aromatic heterocycles. The molecule has 7 heteroatoms. The zero-order chi connectivity index (χ0) is 15.7. The summed E-state index contributed by atoms with van der Waals surface area (Å²) >= 11 is 0. The Labute approximate surface area is 126 Å². The molecule has 0 unspecified atom stereocenters. The highest BCUT2D eigenvalue weighted by Crippen LogP contribution is 2.32. The number of primary amides is 1. The van der Waals surface area contributed by atoms with Crippen LogP contribution in [0.15, 0.2) is 36.8 Å². The van der Waals surface area contributed by atoms with Crippen LogP contribution >= 0.6 is 0 Å². The molecule has 0 saturated heterocycles. The van der Waals surface area contributed by atoms with Gasteiger partial charge in [-0.3, -0.25) is 9.20 Å². The van der Waals surface area contributed by atoms with Crippen LogP contribution in [-0.2, 0) is 0 Å². The number of ether oxygens (including phenoxy) is 2. The van der Waals surface area contributed by atoms with E-state index in [1.54, 1.807) is 24.8 Å². The average Bonchev–Trinajstić information content (AvgIpc) is 2.98. The molecular formula is C15H14N4O3. The van der Waals surface area contributed by atoms with Crippen molar-refractivity contribution in [3.8, 4) is 22.8 Å². The highest BCUT2D eigenvalue weighted by atomic mass is 16.5. The van der Waals surface area contributed by atoms with Gasteiger partial charge in [-0.15, -0.1) is 0 Å². The molecule has 3 aromatic rings. The van der Waals surface area contributed by atoms with Crippen molar-refractivity contribution in [3.63, 3.8) is 0 Å². The molecule has 0 atom stereocenters. The van der Waals surface area contributed by atoms with Gasteiger partial charge in [-0.2, -0.15) is 0 Å². The molecule has 0 spiro atoms. The van der Waals surface area contributed by atoms with Gasteiger partial charge in [0.25, 0.3) is 5.91 Å². The fourth-order valence-corrected chi connectivity index (χ4v) is 2.31. The number of rotatable bonds is 4. The zero-order valence-electron chi connectivity index (χ0n) is 12.1. The van der Waals surface area contributed by atoms with E-state index in [9.17, 15) is 4.79 Å². The lowest BCUT2D eigenvalue weighted by molar-refractivity contribution is 0.0997. The topological polar surface area (TPSA) is 91.7 Å². The second kappa shape index (κ2) is 5.36. The van der Waals surface area contributed by atoms with E-state index < -0.39 is 5.91 Å². The van der Waals surface area contributed by atoms with Crippen LogP contribution in [0.4, 0.5) is 0 Å². The van der Waals surface area contributed by atoms with Gasteiger partial charge in [-0.25, -0.2) is 9.97 Å². The largest absolute Gasteiger partial charge is 0.493 e. The molecule has 22 heavy (non-hydrogen) atoms. The van der Waals surface area contributed by atoms with E-state index in [2.05, 4.69) is 9.97 Å². The first-order valence-corrected chi connectivity index (χ1v) is 6.50. The third-order valence-electron chi connectivity index (χ3n) is 3.34. The summed E-state index contributed by atoms with van der Waals surface area (Å²) in [6.07, 6.45) is 3.13. The first-order chi connectivity index (χ1) is 10.7. The number of aromatic nitrogens is 3. The first-order valence-electron chi connectivity index (χ1n) is 6.50. The number of nitrogens with two attached hydrogens (primary N) is 1. The molecule has 0 aliphatic carbocycles. The highest BCUT2D eigenvalue weighted by molar-refractivity contribution is 5.97. The number of benzene rings is 1. The third kappa shape index (κ3) is 2.12. The Kier molecular flexibility index (Phi) is 3.38. The summed E-state index contributed by atoms with van der Waals surface area (Å²) < 4.78 is 12.3. The van der Waals surface area contributed by atoms with Crippen LogP contribution in [0.5, 0.6) is 11.5 Å². The summed E-state index contributed by atoms with van der Waals surface area (Å²) in [6.45, 7) is 0. The second-order valence-electron chi connectivity index (χ2n) is 4.55. The number of hydrogen-bond donors (Lipinski definition) is 1. The van der Waals surface area contributed by atoms with Crippen LogP contribution in [-0.4, -0.2) is 34.5 Å². The van der Waals surface area contributed by atoms with Crippen molar-refractivity contribution >= 4 is 11.6 Å². The normalized spacial score (nSPS) is 10.6. The van der Waals surface area contributed by atoms with Crippen molar-refractivity contribution in [2.45, 2.75) is 0 Å². The number of amides is 1. The maximum atomic E-state index is 11.4. The number of carbonyl (C=O) groups excluding carboxylic acids is 1. The maximum absolute atomic E-state index is 11.4. The van der Waals surface area contributed by atoms with E-state index in [1.807, 2.05) is 24.3 Å². The molecule has 0 bridgehead atoms. The van der Waals surface area contributed by atoms with Crippen LogP contribution in [0.1, 0.15) is 10.5 Å². The molecule has 0 aliphatic rings. The molecule has 0 radical (unpaired) electrons. The number of imidazole rings is 1. The summed E-state index contributed by atoms with van der Waals surface area (Å²) in [7, 11) is 3.16. The summed E-state index contributed by atoms with van der Waals surface area (Å²) in [5, 5.41) is 0. The second-order valence-corrected chi connectivity index (χ2v) is 4.55. The molecule has 0 saturated carbocycles. The van der Waals surface area contributed by atoms with E-state index in [0.29, 0.717) is 17.1 Å². The predicted molar refractivity (Wildman–Crippen MR) is 80.0 cm³/mol. The smallest absolute Gasteiger partial charge is 0.271 e. The Hall–Kier alpha value is -3.09. The maximum Gasteiger partial charge on any atom is 0.271 e. The predicted octanol–water partition coefficient (Wildman–Crippen LogP) is 1.51. The van der Waals surface area contributed by atoms with Gasteiger partial charge in [0.1, 0.15) is 6.33 Å². The molecular weight excluding hydrogens is 284 g/mol. The van der Waals surface area contributed by atoms with Gasteiger partial charge in [-0.1, -0.05) is 0 Å². The van der Waals surface area contributed by atoms with Gasteiger partial charge in [0.15, 0.2) is 22.8 Å². The van der Waals surface area contributed by atoms with Gasteiger partial charge in [0.2, 0.25) is 0 Å². The van der Waals surface area contributed by atoms with Crippen molar-refractivity contribution in [1.82, 2.24) is 14.4 Å². The van der Waals surface area contributed by atoms with E-state index in [4.69, 9.17) is 15.2 Å². The highest BCUT2D eigenvalue weighted by Gasteiger charge is 2.15. The Bertz CT molecular complexity index is 857. The molecule has 3 rings (SSSR count). The fraction of sp³-hybridized carbons (Fsp3) is 0.133. The van der Waals surface area contributed by atoms with Crippen molar-refractivity contribution in [3.05, 3.63) is 42.5 Å². The first kappa shape index (κ1) is 13.9. The molecule has 2 heterocycles. The quantitative estimate of drug-likeness (QED) is 0.788. The Balaban J connectivity index is 2.20. The standard InChI is InChI=1S/C15H14N4O3/c1-21-11-4-3-9(7-12(11)22-2)10-5-6-17-15-13(14(16)20)18-8-19(10)15/h3-8H,1-2H3,(H2,16,20). The minimum atomic E-state index is -0.612. The van der Waals surface area contributed by atoms with Crippen LogP contribution in [0, 0.1) is 0 Å². The fourth-order valence-electron chi connectivity index (χ4n) is 2.31. The lowest BCUT2D eigenvalue weighted by Gasteiger charge is -2.10. The van der Waals surface area contributed by atoms with E-state index in [1.165, 1.54) is 6.33 Å². The van der Waals surface area contributed by atoms with E-state index >= 15 is 0 Å². The van der Waals surface area contributed by atoms with Crippen molar-refractivity contribution < 1.29 is 14.3 Å². The average molecular weight is 298 g/mol. The lowest BCUT2D eigenvalue weighted by atomic mass is 10.1. The molecule has 7 nitrogen and oxygen atoms in total. The number of carbonyl (C=O) groups is 1. The number of fused-ring (bicyclic) bond motifs is 1. The van der Waals surface area contributed by atoms with Crippen molar-refractivity contribution in [1.29, 1.82) is 0 Å². The van der Waals surface area contributed by atoms with Crippen LogP contribution < -0.4 is 15.2 Å². The molecule has 1 amide bonds. The van der Waals surface area contributed by atoms with E-state index in [-0.39, 0.29) is 5.69 Å². The summed E-state index contributed by atoms with van der Waals surface area (Å²) in [5.41, 5.74) is 7.55. The Morgan fingerprint density at radius 1 is 1.14 bits per heavy atom. The summed E-state index contributed by atoms with van der Waals surface area (Å²) in [4.78, 5) is 19.6. The van der Waals surface area contributed by atoms with E-state index in [0.717, 1.165) is 11.3 Å². The molecule has 2 N–H and O–H groups in total. The Morgan fingerprint density at radius 2 is 1.91 bits per heavy atom. The van der Waals surface area contributed by atoms with Crippen LogP contribution in [0.2, 0.25) is 0 Å². The van der Waals surface area contributed by atoms with Crippen LogP contribution in [0.25, 0.3) is 16.9 Å². The van der Waals surface area contributed by atoms with Gasteiger partial charge in [0.05, 0.1) is 19.9 Å². The minimum Gasteiger partial charge on any atom is -0.493 e. The lowest BCUT2D eigenvalue weighted by Crippen LogP contribution is -2.12. The number of hydrogen-bond acceptors (Lipinski definition) is 5. The van der Waals surface area contributed by atoms with Gasteiger partial charge in [0, 0.05) is 11.8 Å². The van der Waals surface area contributed by atoms with Crippen molar-refractivity contribution in [2.75, 3.05) is 14.2 Å². The monoisotopic (exact) mass is 298 g/mol. The SMILES string of the molecule is COc1ccc(-c2ccnc3c(C(N)=O)ncn23)cc1OC. The van der Waals surface area contributed by atoms with Gasteiger partial charge < -0.3 is 15.2 Å². The molecule has 112 valence electrons. The molecule has 0 fully saturated rings. The molecule has 1 aromatic carbocycles. The van der Waals surface area contributed by atoms with Gasteiger partial charge >= 0.3 is 0 Å². The van der Waals surface area contributed by atoms with Crippen molar-refractivity contribution in [2.24, 2.45) is 5.73 Å². The third-order valence-corrected chi connectivity index (χ3v) is 3.34. The number of methoxy groups -OCH3 is 2. The minimum absolute atomic E-state index is 0.141. The molecule has 0 aliphatic heterocycles. The summed E-state index contributed by atoms with van der Waals surface area (Å²) in [5.74, 6) is 0.639. The Morgan fingerprint density at radius 3 is 2.59 bits per heavy atom. The van der Waals surface area contributed by atoms with Gasteiger partial charge in [-0.05, 0) is 24.3 Å². The zero-order valence-corrected chi connectivity index (χ0v) is 12.1. The summed E-state index contributed by atoms with van der Waals surface area (Å²) in [6, 6.07) is 7.37. The van der Waals surface area contributed by atoms with Crippen LogP contribution in [0.3, 0.4) is 0 Å². The number of nitrogens with zero attached hydrogens (tertiary/aromatic N) is 3.